The number of hydrogen-bond donors (Lipinski definition) is 1. The fourth-order valence-electron chi connectivity index (χ4n) is 4.30. The molecule has 0 saturated carbocycles. The largest absolute Gasteiger partial charge is 0.449 e. The monoisotopic (exact) mass is 507 g/mol. The standard InChI is InChI=1S/C29H21N3O4S/c1-2-22(26(33)32-29-31-21-14-4-6-16-24(21)37-29)36-28(34)19-12-8-10-17-9-7-11-18(25(17)19)27-30-20-13-3-5-15-23(20)35-27/h3-16,22H,2H2,1H3,(H,31,32,33). The first kappa shape index (κ1) is 22.9. The zero-order valence-electron chi connectivity index (χ0n) is 19.8. The summed E-state index contributed by atoms with van der Waals surface area (Å²) < 4.78 is 12.7. The highest BCUT2D eigenvalue weighted by Gasteiger charge is 2.25. The molecule has 1 N–H and O–H groups in total. The average molecular weight is 508 g/mol. The predicted octanol–water partition coefficient (Wildman–Crippen LogP) is 6.83. The Morgan fingerprint density at radius 1 is 0.919 bits per heavy atom. The Bertz CT molecular complexity index is 1720. The van der Waals surface area contributed by atoms with Crippen molar-refractivity contribution in [2.45, 2.75) is 19.4 Å². The summed E-state index contributed by atoms with van der Waals surface area (Å²) in [6, 6.07) is 26.2. The number of ether oxygens (including phenoxy) is 1. The van der Waals surface area contributed by atoms with Crippen LogP contribution in [0.15, 0.2) is 89.3 Å². The molecule has 0 radical (unpaired) electrons. The van der Waals surface area contributed by atoms with Crippen LogP contribution in [0.4, 0.5) is 5.13 Å². The zero-order valence-corrected chi connectivity index (χ0v) is 20.6. The number of fused-ring (bicyclic) bond motifs is 3. The van der Waals surface area contributed by atoms with Crippen molar-refractivity contribution in [2.24, 2.45) is 0 Å². The van der Waals surface area contributed by atoms with Crippen molar-refractivity contribution in [1.82, 2.24) is 9.97 Å². The van der Waals surface area contributed by atoms with E-state index in [1.165, 1.54) is 11.3 Å². The van der Waals surface area contributed by atoms with Crippen molar-refractivity contribution >= 4 is 60.4 Å². The van der Waals surface area contributed by atoms with Gasteiger partial charge in [0.25, 0.3) is 5.91 Å². The van der Waals surface area contributed by atoms with Gasteiger partial charge in [0.2, 0.25) is 5.89 Å². The third-order valence-electron chi connectivity index (χ3n) is 6.09. The number of nitrogens with one attached hydrogen (secondary N) is 1. The normalized spacial score (nSPS) is 12.1. The summed E-state index contributed by atoms with van der Waals surface area (Å²) in [4.78, 5) is 35.5. The number of amides is 1. The molecule has 2 heterocycles. The number of nitrogens with zero attached hydrogens (tertiary/aromatic N) is 2. The zero-order chi connectivity index (χ0) is 25.4. The summed E-state index contributed by atoms with van der Waals surface area (Å²) in [6.45, 7) is 1.79. The van der Waals surface area contributed by atoms with Crippen LogP contribution in [0.5, 0.6) is 0 Å². The summed E-state index contributed by atoms with van der Waals surface area (Å²) in [5.74, 6) is -0.609. The van der Waals surface area contributed by atoms with Gasteiger partial charge in [-0.3, -0.25) is 10.1 Å². The lowest BCUT2D eigenvalue weighted by atomic mass is 9.99. The number of aromatic nitrogens is 2. The van der Waals surface area contributed by atoms with Crippen molar-refractivity contribution in [3.8, 4) is 11.5 Å². The van der Waals surface area contributed by atoms with Gasteiger partial charge in [0.1, 0.15) is 5.52 Å². The van der Waals surface area contributed by atoms with Crippen molar-refractivity contribution in [2.75, 3.05) is 5.32 Å². The molecular formula is C29H21N3O4S. The van der Waals surface area contributed by atoms with Crippen molar-refractivity contribution in [3.05, 3.63) is 90.5 Å². The summed E-state index contributed by atoms with van der Waals surface area (Å²) in [5.41, 5.74) is 3.20. The predicted molar refractivity (Wildman–Crippen MR) is 145 cm³/mol. The molecule has 0 aliphatic carbocycles. The van der Waals surface area contributed by atoms with E-state index in [2.05, 4.69) is 15.3 Å². The van der Waals surface area contributed by atoms with Gasteiger partial charge in [0, 0.05) is 10.9 Å². The average Bonchev–Trinajstić information content (AvgIpc) is 3.54. The molecule has 1 amide bonds. The van der Waals surface area contributed by atoms with Crippen LogP contribution >= 0.6 is 11.3 Å². The lowest BCUT2D eigenvalue weighted by Crippen LogP contribution is -2.32. The Hall–Kier alpha value is -4.56. The van der Waals surface area contributed by atoms with Crippen molar-refractivity contribution in [1.29, 1.82) is 0 Å². The quantitative estimate of drug-likeness (QED) is 0.248. The highest BCUT2D eigenvalue weighted by Crippen LogP contribution is 2.33. The van der Waals surface area contributed by atoms with Crippen molar-refractivity contribution in [3.63, 3.8) is 0 Å². The number of oxazole rings is 1. The van der Waals surface area contributed by atoms with Crippen LogP contribution in [0, 0.1) is 0 Å². The van der Waals surface area contributed by atoms with Crippen LogP contribution in [0.3, 0.4) is 0 Å². The van der Waals surface area contributed by atoms with Crippen LogP contribution < -0.4 is 5.32 Å². The molecule has 37 heavy (non-hydrogen) atoms. The van der Waals surface area contributed by atoms with Gasteiger partial charge < -0.3 is 9.15 Å². The molecule has 182 valence electrons. The highest BCUT2D eigenvalue weighted by atomic mass is 32.1. The smallest absolute Gasteiger partial charge is 0.339 e. The third kappa shape index (κ3) is 4.32. The lowest BCUT2D eigenvalue weighted by Gasteiger charge is -2.16. The van der Waals surface area contributed by atoms with E-state index in [4.69, 9.17) is 9.15 Å². The Kier molecular flexibility index (Phi) is 5.86. The first-order chi connectivity index (χ1) is 18.1. The Morgan fingerprint density at radius 3 is 2.46 bits per heavy atom. The SMILES string of the molecule is CCC(OC(=O)c1cccc2cccc(-c3nc4ccccc4o3)c12)C(=O)Nc1nc2ccccc2s1. The molecule has 1 unspecified atom stereocenters. The van der Waals surface area contributed by atoms with E-state index in [9.17, 15) is 9.59 Å². The molecule has 4 aromatic carbocycles. The summed E-state index contributed by atoms with van der Waals surface area (Å²) >= 11 is 1.37. The molecule has 7 nitrogen and oxygen atoms in total. The number of anilines is 1. The molecule has 1 atom stereocenters. The van der Waals surface area contributed by atoms with Crippen molar-refractivity contribution < 1.29 is 18.7 Å². The van der Waals surface area contributed by atoms with Crippen LogP contribution in [0.2, 0.25) is 0 Å². The van der Waals surface area contributed by atoms with Gasteiger partial charge in [-0.25, -0.2) is 14.8 Å². The Balaban J connectivity index is 1.31. The summed E-state index contributed by atoms with van der Waals surface area (Å²) in [5, 5.41) is 4.75. The van der Waals surface area contributed by atoms with E-state index in [-0.39, 0.29) is 0 Å². The van der Waals surface area contributed by atoms with E-state index in [1.807, 2.05) is 72.8 Å². The third-order valence-corrected chi connectivity index (χ3v) is 7.04. The summed E-state index contributed by atoms with van der Waals surface area (Å²) in [6.07, 6.45) is -0.670. The minimum Gasteiger partial charge on any atom is -0.449 e. The second-order valence-corrected chi connectivity index (χ2v) is 9.50. The lowest BCUT2D eigenvalue weighted by molar-refractivity contribution is -0.124. The molecule has 0 aliphatic rings. The number of hydrogen-bond acceptors (Lipinski definition) is 7. The molecule has 6 aromatic rings. The number of para-hydroxylation sites is 3. The summed E-state index contributed by atoms with van der Waals surface area (Å²) in [7, 11) is 0. The van der Waals surface area contributed by atoms with E-state index in [0.717, 1.165) is 21.1 Å². The van der Waals surface area contributed by atoms with Gasteiger partial charge in [-0.1, -0.05) is 66.8 Å². The maximum atomic E-state index is 13.4. The van der Waals surface area contributed by atoms with Crippen LogP contribution in [0.1, 0.15) is 23.7 Å². The fraction of sp³-hybridized carbons (Fsp3) is 0.103. The molecule has 0 fully saturated rings. The Labute approximate surface area is 215 Å². The molecular weight excluding hydrogens is 486 g/mol. The molecule has 6 rings (SSSR count). The second-order valence-electron chi connectivity index (χ2n) is 8.47. The van der Waals surface area contributed by atoms with Gasteiger partial charge in [0.05, 0.1) is 15.8 Å². The van der Waals surface area contributed by atoms with E-state index >= 15 is 0 Å². The maximum absolute atomic E-state index is 13.4. The van der Waals surface area contributed by atoms with Crippen LogP contribution in [-0.4, -0.2) is 27.9 Å². The molecule has 0 bridgehead atoms. The first-order valence-corrected chi connectivity index (χ1v) is 12.7. The number of thiazole rings is 1. The molecule has 0 aliphatic heterocycles. The minimum absolute atomic E-state index is 0.311. The number of carbonyl (C=O) groups excluding carboxylic acids is 2. The first-order valence-electron chi connectivity index (χ1n) is 11.9. The van der Waals surface area contributed by atoms with Gasteiger partial charge in [-0.2, -0.15) is 0 Å². The van der Waals surface area contributed by atoms with Gasteiger partial charge in [-0.05, 0) is 48.2 Å². The maximum Gasteiger partial charge on any atom is 0.339 e. The minimum atomic E-state index is -0.980. The van der Waals surface area contributed by atoms with E-state index in [0.29, 0.717) is 39.5 Å². The Morgan fingerprint density at radius 2 is 1.68 bits per heavy atom. The second kappa shape index (κ2) is 9.48. The number of esters is 1. The van der Waals surface area contributed by atoms with E-state index in [1.54, 1.807) is 19.1 Å². The van der Waals surface area contributed by atoms with E-state index < -0.39 is 18.0 Å². The van der Waals surface area contributed by atoms with Crippen LogP contribution in [0.25, 0.3) is 43.5 Å². The van der Waals surface area contributed by atoms with Crippen LogP contribution in [-0.2, 0) is 9.53 Å². The fourth-order valence-corrected chi connectivity index (χ4v) is 5.17. The number of rotatable bonds is 6. The molecule has 8 heteroatoms. The topological polar surface area (TPSA) is 94.3 Å². The number of carbonyl (C=O) groups is 2. The highest BCUT2D eigenvalue weighted by molar-refractivity contribution is 7.22. The van der Waals surface area contributed by atoms with Gasteiger partial charge in [0.15, 0.2) is 16.8 Å². The van der Waals surface area contributed by atoms with Gasteiger partial charge >= 0.3 is 5.97 Å². The van der Waals surface area contributed by atoms with Gasteiger partial charge in [-0.15, -0.1) is 0 Å². The molecule has 0 spiro atoms. The molecule has 2 aromatic heterocycles. The number of benzene rings is 4. The molecule has 0 saturated heterocycles.